The van der Waals surface area contributed by atoms with Crippen LogP contribution in [-0.2, 0) is 0 Å². The van der Waals surface area contributed by atoms with Gasteiger partial charge in [-0.1, -0.05) is 31.5 Å². The molecule has 19 heavy (non-hydrogen) atoms. The van der Waals surface area contributed by atoms with Crippen LogP contribution < -0.4 is 5.43 Å². The molecule has 1 N–H and O–H groups in total. The maximum absolute atomic E-state index is 12.5. The quantitative estimate of drug-likeness (QED) is 0.648. The first kappa shape index (κ1) is 12.0. The first-order valence-electron chi connectivity index (χ1n) is 6.62. The highest BCUT2D eigenvalue weighted by Gasteiger charge is 2.07. The second-order valence-electron chi connectivity index (χ2n) is 5.46. The summed E-state index contributed by atoms with van der Waals surface area (Å²) in [5.41, 5.74) is 4.30. The zero-order valence-electron chi connectivity index (χ0n) is 11.4. The second-order valence-corrected chi connectivity index (χ2v) is 5.46. The number of pyridine rings is 1. The number of benzene rings is 2. The van der Waals surface area contributed by atoms with Crippen molar-refractivity contribution in [3.8, 4) is 0 Å². The standard InChI is InChI=1S/C17H17NO/c1-10(2)12-5-6-13-16(9-12)18-15-7-4-11(3)8-14(15)17(13)19/h4-10H,1-3H3,(H,18,19). The van der Waals surface area contributed by atoms with Crippen LogP contribution in [0, 0.1) is 6.92 Å². The maximum atomic E-state index is 12.5. The summed E-state index contributed by atoms with van der Waals surface area (Å²) < 4.78 is 0. The zero-order valence-corrected chi connectivity index (χ0v) is 11.4. The normalized spacial score (nSPS) is 11.6. The molecule has 96 valence electrons. The summed E-state index contributed by atoms with van der Waals surface area (Å²) >= 11 is 0. The van der Waals surface area contributed by atoms with Gasteiger partial charge >= 0.3 is 0 Å². The largest absolute Gasteiger partial charge is 0.354 e. The number of aromatic nitrogens is 1. The minimum Gasteiger partial charge on any atom is -0.354 e. The molecule has 0 saturated carbocycles. The van der Waals surface area contributed by atoms with Crippen molar-refractivity contribution in [3.05, 3.63) is 57.7 Å². The van der Waals surface area contributed by atoms with Gasteiger partial charge in [-0.15, -0.1) is 0 Å². The smallest absolute Gasteiger partial charge is 0.197 e. The molecule has 0 aliphatic rings. The van der Waals surface area contributed by atoms with Gasteiger partial charge in [-0.3, -0.25) is 4.79 Å². The molecule has 1 aromatic heterocycles. The van der Waals surface area contributed by atoms with Gasteiger partial charge in [0.05, 0.1) is 5.52 Å². The van der Waals surface area contributed by atoms with Gasteiger partial charge in [0.15, 0.2) is 5.43 Å². The van der Waals surface area contributed by atoms with E-state index < -0.39 is 0 Å². The Bertz CT molecular complexity index is 828. The van der Waals surface area contributed by atoms with Crippen LogP contribution >= 0.6 is 0 Å². The van der Waals surface area contributed by atoms with Crippen LogP contribution in [0.1, 0.15) is 30.9 Å². The van der Waals surface area contributed by atoms with Gasteiger partial charge in [0.25, 0.3) is 0 Å². The lowest BCUT2D eigenvalue weighted by atomic mass is 10.0. The lowest BCUT2D eigenvalue weighted by Crippen LogP contribution is -2.05. The third kappa shape index (κ3) is 1.93. The minimum atomic E-state index is 0.114. The van der Waals surface area contributed by atoms with Crippen LogP contribution in [-0.4, -0.2) is 4.98 Å². The molecule has 0 aliphatic carbocycles. The summed E-state index contributed by atoms with van der Waals surface area (Å²) in [6.07, 6.45) is 0. The lowest BCUT2D eigenvalue weighted by Gasteiger charge is -2.08. The molecule has 0 bridgehead atoms. The van der Waals surface area contributed by atoms with Crippen molar-refractivity contribution < 1.29 is 0 Å². The van der Waals surface area contributed by atoms with Crippen molar-refractivity contribution in [2.24, 2.45) is 0 Å². The topological polar surface area (TPSA) is 32.9 Å². The van der Waals surface area contributed by atoms with E-state index in [4.69, 9.17) is 0 Å². The molecule has 2 nitrogen and oxygen atoms in total. The molecule has 0 unspecified atom stereocenters. The zero-order chi connectivity index (χ0) is 13.6. The minimum absolute atomic E-state index is 0.114. The fourth-order valence-electron chi connectivity index (χ4n) is 2.47. The summed E-state index contributed by atoms with van der Waals surface area (Å²) in [7, 11) is 0. The van der Waals surface area contributed by atoms with E-state index in [1.807, 2.05) is 37.3 Å². The van der Waals surface area contributed by atoms with E-state index in [-0.39, 0.29) is 5.43 Å². The van der Waals surface area contributed by atoms with Crippen molar-refractivity contribution in [1.82, 2.24) is 4.98 Å². The highest BCUT2D eigenvalue weighted by molar-refractivity contribution is 5.92. The fraction of sp³-hybridized carbons (Fsp3) is 0.235. The monoisotopic (exact) mass is 251 g/mol. The molecule has 0 fully saturated rings. The molecular formula is C17H17NO. The molecule has 0 spiro atoms. The van der Waals surface area contributed by atoms with Crippen molar-refractivity contribution in [1.29, 1.82) is 0 Å². The maximum Gasteiger partial charge on any atom is 0.197 e. The van der Waals surface area contributed by atoms with Crippen molar-refractivity contribution in [2.45, 2.75) is 26.7 Å². The number of hydrogen-bond donors (Lipinski definition) is 1. The van der Waals surface area contributed by atoms with E-state index in [1.54, 1.807) is 0 Å². The summed E-state index contributed by atoms with van der Waals surface area (Å²) in [6.45, 7) is 6.32. The second kappa shape index (κ2) is 4.23. The molecule has 0 amide bonds. The van der Waals surface area contributed by atoms with Crippen LogP contribution in [0.5, 0.6) is 0 Å². The molecule has 0 radical (unpaired) electrons. The lowest BCUT2D eigenvalue weighted by molar-refractivity contribution is 0.868. The number of aryl methyl sites for hydroxylation is 1. The van der Waals surface area contributed by atoms with Crippen LogP contribution in [0.4, 0.5) is 0 Å². The molecule has 0 atom stereocenters. The fourth-order valence-corrected chi connectivity index (χ4v) is 2.47. The van der Waals surface area contributed by atoms with Crippen molar-refractivity contribution in [3.63, 3.8) is 0 Å². The highest BCUT2D eigenvalue weighted by atomic mass is 16.1. The van der Waals surface area contributed by atoms with Gasteiger partial charge in [0, 0.05) is 16.3 Å². The van der Waals surface area contributed by atoms with E-state index in [9.17, 15) is 4.79 Å². The first-order valence-corrected chi connectivity index (χ1v) is 6.62. The van der Waals surface area contributed by atoms with Crippen LogP contribution in [0.25, 0.3) is 21.8 Å². The molecular weight excluding hydrogens is 234 g/mol. The Morgan fingerprint density at radius 3 is 2.47 bits per heavy atom. The third-order valence-electron chi connectivity index (χ3n) is 3.64. The molecule has 0 aliphatic heterocycles. The Hall–Kier alpha value is -2.09. The van der Waals surface area contributed by atoms with Gasteiger partial charge in [0.1, 0.15) is 0 Å². The first-order chi connectivity index (χ1) is 9.06. The number of H-pyrrole nitrogens is 1. The Morgan fingerprint density at radius 2 is 1.74 bits per heavy atom. The molecule has 3 aromatic rings. The number of aromatic amines is 1. The van der Waals surface area contributed by atoms with E-state index >= 15 is 0 Å². The number of rotatable bonds is 1. The Balaban J connectivity index is 2.43. The molecule has 1 heterocycles. The average molecular weight is 251 g/mol. The predicted molar refractivity (Wildman–Crippen MR) is 80.9 cm³/mol. The van der Waals surface area contributed by atoms with Crippen LogP contribution in [0.3, 0.4) is 0 Å². The van der Waals surface area contributed by atoms with Gasteiger partial charge in [-0.2, -0.15) is 0 Å². The molecule has 0 saturated heterocycles. The van der Waals surface area contributed by atoms with Crippen LogP contribution in [0.15, 0.2) is 41.2 Å². The number of nitrogens with one attached hydrogen (secondary N) is 1. The summed E-state index contributed by atoms with van der Waals surface area (Å²) in [4.78, 5) is 15.9. The van der Waals surface area contributed by atoms with E-state index in [2.05, 4.69) is 24.9 Å². The van der Waals surface area contributed by atoms with Gasteiger partial charge in [0.2, 0.25) is 0 Å². The third-order valence-corrected chi connectivity index (χ3v) is 3.64. The van der Waals surface area contributed by atoms with Crippen molar-refractivity contribution in [2.75, 3.05) is 0 Å². The molecule has 2 aromatic carbocycles. The summed E-state index contributed by atoms with van der Waals surface area (Å²) in [6, 6.07) is 12.0. The Morgan fingerprint density at radius 1 is 0.947 bits per heavy atom. The summed E-state index contributed by atoms with van der Waals surface area (Å²) in [5, 5.41) is 1.53. The van der Waals surface area contributed by atoms with Gasteiger partial charge in [-0.05, 0) is 42.7 Å². The molecule has 2 heteroatoms. The van der Waals surface area contributed by atoms with Gasteiger partial charge < -0.3 is 4.98 Å². The molecule has 3 rings (SSSR count). The Labute approximate surface area is 112 Å². The van der Waals surface area contributed by atoms with Gasteiger partial charge in [-0.25, -0.2) is 0 Å². The average Bonchev–Trinajstić information content (AvgIpc) is 2.39. The van der Waals surface area contributed by atoms with Crippen LogP contribution in [0.2, 0.25) is 0 Å². The van der Waals surface area contributed by atoms with E-state index in [0.29, 0.717) is 5.92 Å². The summed E-state index contributed by atoms with van der Waals surface area (Å²) in [5.74, 6) is 0.460. The number of fused-ring (bicyclic) bond motifs is 2. The van der Waals surface area contributed by atoms with E-state index in [1.165, 1.54) is 5.56 Å². The van der Waals surface area contributed by atoms with Crippen molar-refractivity contribution >= 4 is 21.8 Å². The predicted octanol–water partition coefficient (Wildman–Crippen LogP) is 4.11. The number of hydrogen-bond acceptors (Lipinski definition) is 1. The Kier molecular flexibility index (Phi) is 2.67. The van der Waals surface area contributed by atoms with E-state index in [0.717, 1.165) is 27.4 Å². The SMILES string of the molecule is Cc1ccc2[nH]c3cc(C(C)C)ccc3c(=O)c2c1. The highest BCUT2D eigenvalue weighted by Crippen LogP contribution is 2.21.